The fourth-order valence-corrected chi connectivity index (χ4v) is 2.80. The average molecular weight is 279 g/mol. The molecule has 1 aromatic carbocycles. The van der Waals surface area contributed by atoms with Gasteiger partial charge >= 0.3 is 0 Å². The lowest BCUT2D eigenvalue weighted by atomic mass is 10.2. The molecule has 6 heteroatoms. The number of hydrogen-bond donors (Lipinski definition) is 0. The van der Waals surface area contributed by atoms with Crippen LogP contribution in [0.25, 0.3) is 16.6 Å². The van der Waals surface area contributed by atoms with Crippen LogP contribution in [-0.4, -0.2) is 31.2 Å². The van der Waals surface area contributed by atoms with E-state index in [9.17, 15) is 0 Å². The van der Waals surface area contributed by atoms with Crippen molar-refractivity contribution in [1.29, 1.82) is 0 Å². The van der Waals surface area contributed by atoms with E-state index < -0.39 is 0 Å². The third-order valence-corrected chi connectivity index (χ3v) is 3.76. The molecule has 0 bridgehead atoms. The van der Waals surface area contributed by atoms with E-state index in [0.717, 1.165) is 33.9 Å². The maximum Gasteiger partial charge on any atom is 0.209 e. The SMILES string of the molecule is ClCCCSc1nc2c3ccccc3ncn2n1. The molecule has 0 aliphatic rings. The number of aromatic nitrogens is 4. The first-order valence-electron chi connectivity index (χ1n) is 5.67. The number of alkyl halides is 1. The fourth-order valence-electron chi connectivity index (χ4n) is 1.74. The quantitative estimate of drug-likeness (QED) is 0.418. The lowest BCUT2D eigenvalue weighted by molar-refractivity contribution is 0.869. The molecule has 0 saturated carbocycles. The second-order valence-electron chi connectivity index (χ2n) is 3.82. The third kappa shape index (κ3) is 2.15. The topological polar surface area (TPSA) is 43.1 Å². The van der Waals surface area contributed by atoms with Crippen LogP contribution < -0.4 is 0 Å². The molecule has 0 aliphatic heterocycles. The van der Waals surface area contributed by atoms with Gasteiger partial charge in [-0.05, 0) is 18.6 Å². The average Bonchev–Trinajstić information content (AvgIpc) is 2.82. The van der Waals surface area contributed by atoms with Crippen LogP contribution in [0.4, 0.5) is 0 Å². The van der Waals surface area contributed by atoms with Gasteiger partial charge in [-0.15, -0.1) is 16.7 Å². The summed E-state index contributed by atoms with van der Waals surface area (Å²) < 4.78 is 1.73. The first-order chi connectivity index (χ1) is 8.88. The molecule has 0 radical (unpaired) electrons. The minimum atomic E-state index is 0.671. The molecule has 2 aromatic heterocycles. The second kappa shape index (κ2) is 5.12. The van der Waals surface area contributed by atoms with Gasteiger partial charge in [0, 0.05) is 17.0 Å². The van der Waals surface area contributed by atoms with Crippen molar-refractivity contribution in [2.75, 3.05) is 11.6 Å². The molecule has 92 valence electrons. The molecule has 4 nitrogen and oxygen atoms in total. The Morgan fingerprint density at radius 3 is 3.06 bits per heavy atom. The van der Waals surface area contributed by atoms with Gasteiger partial charge in [0.25, 0.3) is 0 Å². The van der Waals surface area contributed by atoms with Gasteiger partial charge < -0.3 is 0 Å². The van der Waals surface area contributed by atoms with Gasteiger partial charge in [0.2, 0.25) is 5.16 Å². The lowest BCUT2D eigenvalue weighted by Gasteiger charge is -1.96. The van der Waals surface area contributed by atoms with Crippen molar-refractivity contribution in [3.8, 4) is 0 Å². The van der Waals surface area contributed by atoms with Crippen LogP contribution in [0.5, 0.6) is 0 Å². The van der Waals surface area contributed by atoms with E-state index in [1.807, 2.05) is 24.3 Å². The van der Waals surface area contributed by atoms with Gasteiger partial charge in [-0.25, -0.2) is 14.5 Å². The van der Waals surface area contributed by atoms with Crippen LogP contribution in [-0.2, 0) is 0 Å². The predicted octanol–water partition coefficient (Wildman–Crippen LogP) is 3.00. The van der Waals surface area contributed by atoms with Crippen molar-refractivity contribution < 1.29 is 0 Å². The number of thioether (sulfide) groups is 1. The number of nitrogens with zero attached hydrogens (tertiary/aromatic N) is 4. The second-order valence-corrected chi connectivity index (χ2v) is 5.26. The first-order valence-corrected chi connectivity index (χ1v) is 7.19. The van der Waals surface area contributed by atoms with Crippen molar-refractivity contribution in [2.24, 2.45) is 0 Å². The van der Waals surface area contributed by atoms with E-state index in [-0.39, 0.29) is 0 Å². The summed E-state index contributed by atoms with van der Waals surface area (Å²) in [4.78, 5) is 8.89. The smallest absolute Gasteiger partial charge is 0.209 e. The van der Waals surface area contributed by atoms with E-state index in [1.165, 1.54) is 0 Å². The van der Waals surface area contributed by atoms with E-state index in [1.54, 1.807) is 22.6 Å². The number of fused-ring (bicyclic) bond motifs is 3. The standard InChI is InChI=1S/C12H11ClN4S/c13-6-3-7-18-12-15-11-9-4-1-2-5-10(9)14-8-17(11)16-12/h1-2,4-5,8H,3,6-7H2. The van der Waals surface area contributed by atoms with Crippen molar-refractivity contribution in [3.05, 3.63) is 30.6 Å². The Balaban J connectivity index is 2.03. The predicted molar refractivity (Wildman–Crippen MR) is 74.3 cm³/mol. The molecule has 3 aromatic rings. The maximum atomic E-state index is 5.66. The number of benzene rings is 1. The highest BCUT2D eigenvalue weighted by molar-refractivity contribution is 7.99. The molecule has 0 unspecified atom stereocenters. The van der Waals surface area contributed by atoms with Gasteiger partial charge in [0.15, 0.2) is 5.65 Å². The van der Waals surface area contributed by atoms with Crippen LogP contribution in [0.15, 0.2) is 35.7 Å². The summed E-state index contributed by atoms with van der Waals surface area (Å²) >= 11 is 7.28. The van der Waals surface area contributed by atoms with Gasteiger partial charge in [0.1, 0.15) is 6.33 Å². The zero-order chi connectivity index (χ0) is 12.4. The van der Waals surface area contributed by atoms with E-state index in [2.05, 4.69) is 15.1 Å². The van der Waals surface area contributed by atoms with Crippen LogP contribution in [0.3, 0.4) is 0 Å². The lowest BCUT2D eigenvalue weighted by Crippen LogP contribution is -1.90. The van der Waals surface area contributed by atoms with Crippen LogP contribution in [0, 0.1) is 0 Å². The highest BCUT2D eigenvalue weighted by Crippen LogP contribution is 2.20. The molecule has 0 N–H and O–H groups in total. The monoisotopic (exact) mass is 278 g/mol. The van der Waals surface area contributed by atoms with Gasteiger partial charge in [-0.1, -0.05) is 23.9 Å². The van der Waals surface area contributed by atoms with Crippen LogP contribution in [0.2, 0.25) is 0 Å². The van der Waals surface area contributed by atoms with Crippen LogP contribution >= 0.6 is 23.4 Å². The number of halogens is 1. The van der Waals surface area contributed by atoms with Crippen molar-refractivity contribution in [1.82, 2.24) is 19.6 Å². The van der Waals surface area contributed by atoms with Crippen molar-refractivity contribution in [3.63, 3.8) is 0 Å². The Kier molecular flexibility index (Phi) is 3.34. The molecule has 2 heterocycles. The molecule has 0 aliphatic carbocycles. The van der Waals surface area contributed by atoms with E-state index >= 15 is 0 Å². The number of para-hydroxylation sites is 1. The van der Waals surface area contributed by atoms with Crippen molar-refractivity contribution in [2.45, 2.75) is 11.6 Å². The fraction of sp³-hybridized carbons (Fsp3) is 0.250. The number of hydrogen-bond acceptors (Lipinski definition) is 4. The zero-order valence-electron chi connectivity index (χ0n) is 9.58. The summed E-state index contributed by atoms with van der Waals surface area (Å²) in [5.74, 6) is 1.61. The minimum Gasteiger partial charge on any atom is -0.236 e. The highest BCUT2D eigenvalue weighted by atomic mass is 35.5. The molecule has 0 atom stereocenters. The summed E-state index contributed by atoms with van der Waals surface area (Å²) in [5.41, 5.74) is 1.80. The molecule has 18 heavy (non-hydrogen) atoms. The highest BCUT2D eigenvalue weighted by Gasteiger charge is 2.07. The summed E-state index contributed by atoms with van der Waals surface area (Å²) in [5, 5.41) is 6.20. The Hall–Kier alpha value is -1.33. The molecule has 3 rings (SSSR count). The summed E-state index contributed by atoms with van der Waals surface area (Å²) in [7, 11) is 0. The molecule has 0 spiro atoms. The first kappa shape index (κ1) is 11.7. The van der Waals surface area contributed by atoms with Gasteiger partial charge in [-0.3, -0.25) is 0 Å². The van der Waals surface area contributed by atoms with E-state index in [4.69, 9.17) is 11.6 Å². The molecule has 0 saturated heterocycles. The zero-order valence-corrected chi connectivity index (χ0v) is 11.2. The molecule has 0 amide bonds. The van der Waals surface area contributed by atoms with Gasteiger partial charge in [-0.2, -0.15) is 0 Å². The number of rotatable bonds is 4. The van der Waals surface area contributed by atoms with Crippen molar-refractivity contribution >= 4 is 39.9 Å². The Bertz CT molecular complexity index is 682. The Morgan fingerprint density at radius 1 is 1.28 bits per heavy atom. The largest absolute Gasteiger partial charge is 0.236 e. The summed E-state index contributed by atoms with van der Waals surface area (Å²) in [6.45, 7) is 0. The summed E-state index contributed by atoms with van der Waals surface area (Å²) in [6.07, 6.45) is 2.66. The summed E-state index contributed by atoms with van der Waals surface area (Å²) in [6, 6.07) is 7.95. The Labute approximate surface area is 113 Å². The molecule has 0 fully saturated rings. The molecular formula is C12H11ClN4S. The minimum absolute atomic E-state index is 0.671. The third-order valence-electron chi connectivity index (χ3n) is 2.57. The van der Waals surface area contributed by atoms with E-state index in [0.29, 0.717) is 5.88 Å². The Morgan fingerprint density at radius 2 is 2.17 bits per heavy atom. The normalized spacial score (nSPS) is 11.4. The van der Waals surface area contributed by atoms with Gasteiger partial charge in [0.05, 0.1) is 5.52 Å². The maximum absolute atomic E-state index is 5.66. The molecular weight excluding hydrogens is 268 g/mol. The van der Waals surface area contributed by atoms with Crippen LogP contribution in [0.1, 0.15) is 6.42 Å².